The number of hydrazine groups is 1. The molecule has 1 saturated carbocycles. The molecule has 2 aliphatic rings. The Morgan fingerprint density at radius 2 is 2.21 bits per heavy atom. The standard InChI is InChI=1S/C13H18N4O2/c14-17-11-3-1-2-10(15-11)13(18)16-9-6-7-19-12(9)8-4-5-8/h1-3,8-9,12H,4-7,14H2,(H,15,17)(H,16,18). The summed E-state index contributed by atoms with van der Waals surface area (Å²) in [5, 5.41) is 3.02. The normalized spacial score (nSPS) is 26.2. The Labute approximate surface area is 111 Å². The Morgan fingerprint density at radius 1 is 1.37 bits per heavy atom. The number of nitrogens with two attached hydrogens (primary N) is 1. The molecule has 1 saturated heterocycles. The first-order chi connectivity index (χ1) is 9.28. The summed E-state index contributed by atoms with van der Waals surface area (Å²) in [4.78, 5) is 16.3. The highest BCUT2D eigenvalue weighted by molar-refractivity contribution is 5.92. The fourth-order valence-corrected chi connectivity index (χ4v) is 2.54. The molecule has 0 aromatic carbocycles. The first kappa shape index (κ1) is 12.4. The lowest BCUT2D eigenvalue weighted by Crippen LogP contribution is -2.41. The van der Waals surface area contributed by atoms with E-state index in [1.807, 2.05) is 0 Å². The Bertz CT molecular complexity index is 475. The average Bonchev–Trinajstić information content (AvgIpc) is 3.19. The fraction of sp³-hybridized carbons (Fsp3) is 0.538. The molecule has 2 unspecified atom stereocenters. The van der Waals surface area contributed by atoms with Gasteiger partial charge in [-0.2, -0.15) is 0 Å². The molecule has 3 rings (SSSR count). The number of nitrogen functional groups attached to an aromatic ring is 1. The molecule has 0 radical (unpaired) electrons. The molecule has 1 aliphatic carbocycles. The molecule has 0 bridgehead atoms. The molecule has 6 nitrogen and oxygen atoms in total. The average molecular weight is 262 g/mol. The summed E-state index contributed by atoms with van der Waals surface area (Å²) in [6.07, 6.45) is 3.48. The van der Waals surface area contributed by atoms with E-state index in [0.717, 1.165) is 13.0 Å². The summed E-state index contributed by atoms with van der Waals surface area (Å²) in [5.41, 5.74) is 2.81. The number of amides is 1. The molecular formula is C13H18N4O2. The van der Waals surface area contributed by atoms with Crippen molar-refractivity contribution in [2.75, 3.05) is 12.0 Å². The van der Waals surface area contributed by atoms with Crippen LogP contribution in [0.2, 0.25) is 0 Å². The van der Waals surface area contributed by atoms with Crippen molar-refractivity contribution in [3.63, 3.8) is 0 Å². The van der Waals surface area contributed by atoms with Gasteiger partial charge in [-0.05, 0) is 37.3 Å². The van der Waals surface area contributed by atoms with Gasteiger partial charge in [0.25, 0.3) is 5.91 Å². The van der Waals surface area contributed by atoms with Crippen molar-refractivity contribution >= 4 is 11.7 Å². The highest BCUT2D eigenvalue weighted by Gasteiger charge is 2.41. The van der Waals surface area contributed by atoms with Gasteiger partial charge >= 0.3 is 0 Å². The molecule has 4 N–H and O–H groups in total. The largest absolute Gasteiger partial charge is 0.376 e. The quantitative estimate of drug-likeness (QED) is 0.548. The van der Waals surface area contributed by atoms with Gasteiger partial charge in [0.05, 0.1) is 12.1 Å². The number of nitrogens with zero attached hydrogens (tertiary/aromatic N) is 1. The summed E-state index contributed by atoms with van der Waals surface area (Å²) < 4.78 is 5.70. The first-order valence-electron chi connectivity index (χ1n) is 6.64. The molecule has 2 atom stereocenters. The molecule has 19 heavy (non-hydrogen) atoms. The van der Waals surface area contributed by atoms with Crippen molar-refractivity contribution in [1.82, 2.24) is 10.3 Å². The Morgan fingerprint density at radius 3 is 2.95 bits per heavy atom. The number of ether oxygens (including phenoxy) is 1. The van der Waals surface area contributed by atoms with Crippen LogP contribution in [0.15, 0.2) is 18.2 Å². The summed E-state index contributed by atoms with van der Waals surface area (Å²) in [6, 6.07) is 5.25. The molecule has 2 fully saturated rings. The predicted molar refractivity (Wildman–Crippen MR) is 70.4 cm³/mol. The zero-order chi connectivity index (χ0) is 13.2. The predicted octanol–water partition coefficient (Wildman–Crippen LogP) is 0.664. The second kappa shape index (κ2) is 5.14. The number of pyridine rings is 1. The molecule has 6 heteroatoms. The zero-order valence-corrected chi connectivity index (χ0v) is 10.6. The summed E-state index contributed by atoms with van der Waals surface area (Å²) in [6.45, 7) is 0.726. The van der Waals surface area contributed by atoms with Crippen LogP contribution in [0.4, 0.5) is 5.82 Å². The Hall–Kier alpha value is -1.66. The van der Waals surface area contributed by atoms with Crippen molar-refractivity contribution in [2.45, 2.75) is 31.4 Å². The van der Waals surface area contributed by atoms with E-state index in [9.17, 15) is 4.79 Å². The number of carbonyl (C=O) groups excluding carboxylic acids is 1. The minimum Gasteiger partial charge on any atom is -0.376 e. The number of rotatable bonds is 4. The number of carbonyl (C=O) groups is 1. The van der Waals surface area contributed by atoms with Crippen LogP contribution in [0.25, 0.3) is 0 Å². The van der Waals surface area contributed by atoms with E-state index in [0.29, 0.717) is 17.4 Å². The lowest BCUT2D eigenvalue weighted by molar-refractivity contribution is 0.0727. The van der Waals surface area contributed by atoms with Gasteiger partial charge in [-0.1, -0.05) is 6.07 Å². The van der Waals surface area contributed by atoms with Crippen LogP contribution in [0.3, 0.4) is 0 Å². The maximum Gasteiger partial charge on any atom is 0.270 e. The molecule has 1 aliphatic heterocycles. The molecular weight excluding hydrogens is 244 g/mol. The van der Waals surface area contributed by atoms with Crippen LogP contribution in [0.1, 0.15) is 29.8 Å². The maximum atomic E-state index is 12.2. The van der Waals surface area contributed by atoms with Gasteiger partial charge in [0.15, 0.2) is 0 Å². The molecule has 1 aromatic heterocycles. The van der Waals surface area contributed by atoms with Crippen molar-refractivity contribution in [3.8, 4) is 0 Å². The van der Waals surface area contributed by atoms with Crippen LogP contribution in [-0.2, 0) is 4.74 Å². The number of hydrogen-bond donors (Lipinski definition) is 3. The van der Waals surface area contributed by atoms with Gasteiger partial charge in [-0.3, -0.25) is 4.79 Å². The highest BCUT2D eigenvalue weighted by Crippen LogP contribution is 2.38. The number of hydrogen-bond acceptors (Lipinski definition) is 5. The first-order valence-corrected chi connectivity index (χ1v) is 6.64. The third-order valence-corrected chi connectivity index (χ3v) is 3.67. The van der Waals surface area contributed by atoms with Gasteiger partial charge in [0.1, 0.15) is 11.5 Å². The van der Waals surface area contributed by atoms with Crippen LogP contribution in [0, 0.1) is 5.92 Å². The molecule has 1 aromatic rings. The number of anilines is 1. The van der Waals surface area contributed by atoms with Crippen molar-refractivity contribution in [3.05, 3.63) is 23.9 Å². The lowest BCUT2D eigenvalue weighted by atomic mass is 10.1. The van der Waals surface area contributed by atoms with Gasteiger partial charge in [0.2, 0.25) is 0 Å². The van der Waals surface area contributed by atoms with E-state index in [4.69, 9.17) is 10.6 Å². The van der Waals surface area contributed by atoms with E-state index in [-0.39, 0.29) is 18.1 Å². The second-order valence-electron chi connectivity index (χ2n) is 5.09. The number of nitrogens with one attached hydrogen (secondary N) is 2. The van der Waals surface area contributed by atoms with Crippen molar-refractivity contribution in [2.24, 2.45) is 11.8 Å². The maximum absolute atomic E-state index is 12.2. The Kier molecular flexibility index (Phi) is 3.35. The number of aromatic nitrogens is 1. The van der Waals surface area contributed by atoms with Crippen LogP contribution in [-0.4, -0.2) is 29.6 Å². The van der Waals surface area contributed by atoms with E-state index >= 15 is 0 Å². The van der Waals surface area contributed by atoms with E-state index < -0.39 is 0 Å². The van der Waals surface area contributed by atoms with Crippen LogP contribution < -0.4 is 16.6 Å². The topological polar surface area (TPSA) is 89.3 Å². The highest BCUT2D eigenvalue weighted by atomic mass is 16.5. The van der Waals surface area contributed by atoms with E-state index in [2.05, 4.69) is 15.7 Å². The fourth-order valence-electron chi connectivity index (χ4n) is 2.54. The SMILES string of the molecule is NNc1cccc(C(=O)NC2CCOC2C2CC2)n1. The minimum absolute atomic E-state index is 0.108. The monoisotopic (exact) mass is 262 g/mol. The van der Waals surface area contributed by atoms with E-state index in [1.165, 1.54) is 12.8 Å². The zero-order valence-electron chi connectivity index (χ0n) is 10.6. The molecule has 0 spiro atoms. The van der Waals surface area contributed by atoms with Gasteiger partial charge < -0.3 is 15.5 Å². The second-order valence-corrected chi connectivity index (χ2v) is 5.09. The van der Waals surface area contributed by atoms with Gasteiger partial charge in [0, 0.05) is 6.61 Å². The molecule has 102 valence electrons. The van der Waals surface area contributed by atoms with Gasteiger partial charge in [-0.25, -0.2) is 10.8 Å². The summed E-state index contributed by atoms with van der Waals surface area (Å²) >= 11 is 0. The molecule has 1 amide bonds. The van der Waals surface area contributed by atoms with Crippen molar-refractivity contribution < 1.29 is 9.53 Å². The van der Waals surface area contributed by atoms with Crippen LogP contribution >= 0.6 is 0 Å². The summed E-state index contributed by atoms with van der Waals surface area (Å²) in [7, 11) is 0. The molecule has 2 heterocycles. The third-order valence-electron chi connectivity index (χ3n) is 3.67. The lowest BCUT2D eigenvalue weighted by Gasteiger charge is -2.19. The van der Waals surface area contributed by atoms with Crippen LogP contribution in [0.5, 0.6) is 0 Å². The van der Waals surface area contributed by atoms with E-state index in [1.54, 1.807) is 18.2 Å². The third kappa shape index (κ3) is 2.69. The Balaban J connectivity index is 1.66. The minimum atomic E-state index is -0.168. The van der Waals surface area contributed by atoms with Crippen molar-refractivity contribution in [1.29, 1.82) is 0 Å². The summed E-state index contributed by atoms with van der Waals surface area (Å²) in [5.74, 6) is 6.22. The smallest absolute Gasteiger partial charge is 0.270 e. The van der Waals surface area contributed by atoms with Gasteiger partial charge in [-0.15, -0.1) is 0 Å².